The minimum absolute atomic E-state index is 2.66. The Balaban J connectivity index is 4.53. The summed E-state index contributed by atoms with van der Waals surface area (Å²) in [5, 5.41) is 0. The maximum atomic E-state index is 12.3. The minimum atomic E-state index is -5.98. The van der Waals surface area contributed by atoms with Gasteiger partial charge in [0.1, 0.15) is 0 Å². The molecule has 0 bridgehead atoms. The highest BCUT2D eigenvalue weighted by Gasteiger charge is 2.58. The van der Waals surface area contributed by atoms with Gasteiger partial charge in [0, 0.05) is 0 Å². The number of alkyl halides is 9. The smallest absolute Gasteiger partial charge is 0.452 e. The van der Waals surface area contributed by atoms with Crippen LogP contribution in [0.15, 0.2) is 0 Å². The van der Waals surface area contributed by atoms with E-state index in [0.29, 0.717) is 0 Å². The van der Waals surface area contributed by atoms with E-state index in [0.717, 1.165) is 0 Å². The van der Waals surface area contributed by atoms with Crippen molar-refractivity contribution >= 4 is 5.97 Å². The molecule has 0 saturated heterocycles. The lowest BCUT2D eigenvalue weighted by Gasteiger charge is -2.22. The Hall–Kier alpha value is -1.16. The number of halogens is 9. The Labute approximate surface area is 87.3 Å². The zero-order valence-corrected chi connectivity index (χ0v) is 7.50. The van der Waals surface area contributed by atoms with Gasteiger partial charge in [-0.05, 0) is 0 Å². The first-order chi connectivity index (χ1) is 7.28. The largest absolute Gasteiger partial charge is 0.490 e. The van der Waals surface area contributed by atoms with Crippen molar-refractivity contribution in [3.63, 3.8) is 0 Å². The highest BCUT2D eigenvalue weighted by molar-refractivity contribution is 5.75. The number of carbonyl (C=O) groups excluding carboxylic acids is 1. The fourth-order valence-corrected chi connectivity index (χ4v) is 0.556. The molecule has 0 aliphatic rings. The Kier molecular flexibility index (Phi) is 4.29. The second kappa shape index (κ2) is 4.61. The molecular weight excluding hydrogens is 275 g/mol. The molecule has 0 aromatic heterocycles. The first kappa shape index (κ1) is 15.8. The lowest BCUT2D eigenvalue weighted by atomic mass is 10.2. The van der Waals surface area contributed by atoms with Crippen LogP contribution in [0.2, 0.25) is 0 Å². The first-order valence-electron chi connectivity index (χ1n) is 3.61. The molecule has 0 aliphatic carbocycles. The molecule has 0 spiro atoms. The monoisotopic (exact) mass is 278 g/mol. The molecule has 0 amide bonds. The second-order valence-corrected chi connectivity index (χ2v) is 2.74. The maximum Gasteiger partial charge on any atom is 0.490 e. The molecule has 0 aromatic carbocycles. The number of carbonyl (C=O) groups is 1. The third kappa shape index (κ3) is 4.69. The average molecular weight is 278 g/mol. The molecule has 0 rings (SSSR count). The molecule has 0 aliphatic heterocycles. The van der Waals surface area contributed by atoms with Crippen LogP contribution in [0.4, 0.5) is 39.5 Å². The van der Waals surface area contributed by atoms with Crippen LogP contribution in [0.3, 0.4) is 0 Å². The van der Waals surface area contributed by atoms with E-state index in [4.69, 9.17) is 0 Å². The van der Waals surface area contributed by atoms with E-state index in [-0.39, 0.29) is 0 Å². The van der Waals surface area contributed by atoms with E-state index >= 15 is 0 Å². The van der Waals surface area contributed by atoms with Gasteiger partial charge in [0.05, 0.1) is 0 Å². The Morgan fingerprint density at radius 1 is 1.00 bits per heavy atom. The summed E-state index contributed by atoms with van der Waals surface area (Å²) in [6.45, 7) is -2.66. The van der Waals surface area contributed by atoms with Gasteiger partial charge in [-0.15, -0.1) is 0 Å². The Morgan fingerprint density at radius 2 is 1.41 bits per heavy atom. The van der Waals surface area contributed by atoms with Crippen LogP contribution >= 0.6 is 0 Å². The molecule has 11 heteroatoms. The van der Waals surface area contributed by atoms with Crippen molar-refractivity contribution in [3.05, 3.63) is 0 Å². The van der Waals surface area contributed by atoms with Crippen molar-refractivity contribution < 1.29 is 49.0 Å². The van der Waals surface area contributed by atoms with Crippen LogP contribution in [0.5, 0.6) is 0 Å². The highest BCUT2D eigenvalue weighted by Crippen LogP contribution is 2.35. The van der Waals surface area contributed by atoms with Crippen LogP contribution in [0.1, 0.15) is 0 Å². The Morgan fingerprint density at radius 3 is 1.71 bits per heavy atom. The van der Waals surface area contributed by atoms with Gasteiger partial charge in [-0.1, -0.05) is 0 Å². The van der Waals surface area contributed by atoms with Crippen LogP contribution in [0.25, 0.3) is 0 Å². The van der Waals surface area contributed by atoms with E-state index in [1.54, 1.807) is 0 Å². The SMILES string of the molecule is O=C(OCC(F)(F)[C@H](F)C(F)(F)F)C(F)(F)F. The molecule has 0 aromatic rings. The highest BCUT2D eigenvalue weighted by atomic mass is 19.4. The second-order valence-electron chi connectivity index (χ2n) is 2.74. The summed E-state index contributed by atoms with van der Waals surface area (Å²) in [5.41, 5.74) is 0. The van der Waals surface area contributed by atoms with Crippen LogP contribution < -0.4 is 0 Å². The summed E-state index contributed by atoms with van der Waals surface area (Å²) < 4.78 is 108. The molecule has 0 saturated carbocycles. The normalized spacial score (nSPS) is 15.6. The van der Waals surface area contributed by atoms with Gasteiger partial charge in [0.25, 0.3) is 6.17 Å². The molecule has 0 unspecified atom stereocenters. The van der Waals surface area contributed by atoms with Crippen molar-refractivity contribution in [2.45, 2.75) is 24.4 Å². The molecular formula is C6H3F9O2. The molecule has 0 radical (unpaired) electrons. The van der Waals surface area contributed by atoms with Crippen molar-refractivity contribution in [2.75, 3.05) is 6.61 Å². The lowest BCUT2D eigenvalue weighted by Crippen LogP contribution is -2.46. The number of hydrogen-bond donors (Lipinski definition) is 0. The molecule has 0 heterocycles. The first-order valence-corrected chi connectivity index (χ1v) is 3.61. The van der Waals surface area contributed by atoms with Gasteiger partial charge in [-0.3, -0.25) is 0 Å². The van der Waals surface area contributed by atoms with Crippen LogP contribution in [-0.2, 0) is 9.53 Å². The van der Waals surface area contributed by atoms with E-state index in [1.807, 2.05) is 0 Å². The molecule has 102 valence electrons. The van der Waals surface area contributed by atoms with Crippen molar-refractivity contribution in [1.29, 1.82) is 0 Å². The fourth-order valence-electron chi connectivity index (χ4n) is 0.556. The number of esters is 1. The number of rotatable bonds is 3. The fraction of sp³-hybridized carbons (Fsp3) is 0.833. The predicted octanol–water partition coefficient (Wildman–Crippen LogP) is 2.63. The topological polar surface area (TPSA) is 26.3 Å². The average Bonchev–Trinajstić information content (AvgIpc) is 2.10. The quantitative estimate of drug-likeness (QED) is 0.586. The van der Waals surface area contributed by atoms with Crippen LogP contribution in [-0.4, -0.2) is 37.0 Å². The molecule has 0 fully saturated rings. The van der Waals surface area contributed by atoms with Crippen molar-refractivity contribution in [1.82, 2.24) is 0 Å². The van der Waals surface area contributed by atoms with Crippen molar-refractivity contribution in [3.8, 4) is 0 Å². The number of hydrogen-bond acceptors (Lipinski definition) is 2. The maximum absolute atomic E-state index is 12.3. The summed E-state index contributed by atoms with van der Waals surface area (Å²) >= 11 is 0. The minimum Gasteiger partial charge on any atom is -0.452 e. The summed E-state index contributed by atoms with van der Waals surface area (Å²) in [5.74, 6) is -8.43. The lowest BCUT2D eigenvalue weighted by molar-refractivity contribution is -0.259. The zero-order valence-electron chi connectivity index (χ0n) is 7.50. The predicted molar refractivity (Wildman–Crippen MR) is 32.9 cm³/mol. The van der Waals surface area contributed by atoms with E-state index in [2.05, 4.69) is 4.74 Å². The summed E-state index contributed by atoms with van der Waals surface area (Å²) in [7, 11) is 0. The summed E-state index contributed by atoms with van der Waals surface area (Å²) in [6, 6.07) is 0. The molecule has 0 N–H and O–H groups in total. The van der Waals surface area contributed by atoms with E-state index in [9.17, 15) is 44.3 Å². The van der Waals surface area contributed by atoms with Gasteiger partial charge < -0.3 is 4.74 Å². The van der Waals surface area contributed by atoms with E-state index < -0.39 is 37.0 Å². The Bertz CT molecular complexity index is 278. The summed E-state index contributed by atoms with van der Waals surface area (Å²) in [6.07, 6.45) is -16.4. The number of ether oxygens (including phenoxy) is 1. The van der Waals surface area contributed by atoms with Gasteiger partial charge in [-0.2, -0.15) is 35.1 Å². The van der Waals surface area contributed by atoms with Crippen LogP contribution in [0, 0.1) is 0 Å². The molecule has 1 atom stereocenters. The summed E-state index contributed by atoms with van der Waals surface area (Å²) in [4.78, 5) is 9.90. The molecule has 17 heavy (non-hydrogen) atoms. The third-order valence-electron chi connectivity index (χ3n) is 1.29. The molecule has 2 nitrogen and oxygen atoms in total. The standard InChI is InChI=1S/C6H3F9O2/c7-2(5(10,11)12)4(8,9)1-17-3(16)6(13,14)15/h2H,1H2/t2-/m0/s1. The third-order valence-corrected chi connectivity index (χ3v) is 1.29. The van der Waals surface area contributed by atoms with E-state index in [1.165, 1.54) is 0 Å². The zero-order chi connectivity index (χ0) is 14.1. The van der Waals surface area contributed by atoms with Gasteiger partial charge in [0.15, 0.2) is 6.61 Å². The van der Waals surface area contributed by atoms with Crippen molar-refractivity contribution in [2.24, 2.45) is 0 Å². The van der Waals surface area contributed by atoms with Gasteiger partial charge in [-0.25, -0.2) is 9.18 Å². The van der Waals surface area contributed by atoms with Gasteiger partial charge >= 0.3 is 24.2 Å². The van der Waals surface area contributed by atoms with Gasteiger partial charge in [0.2, 0.25) is 0 Å².